The third-order valence-electron chi connectivity index (χ3n) is 2.85. The highest BCUT2D eigenvalue weighted by molar-refractivity contribution is 9.10. The molecule has 0 radical (unpaired) electrons. The number of nitrogens with one attached hydrogen (secondary N) is 2. The normalized spacial score (nSPS) is 21.3. The van der Waals surface area contributed by atoms with Crippen molar-refractivity contribution >= 4 is 21.6 Å². The van der Waals surface area contributed by atoms with Crippen molar-refractivity contribution in [1.29, 1.82) is 0 Å². The number of rotatable bonds is 3. The van der Waals surface area contributed by atoms with Crippen molar-refractivity contribution in [2.75, 3.05) is 25.0 Å². The first kappa shape index (κ1) is 11.0. The second kappa shape index (κ2) is 5.52. The van der Waals surface area contributed by atoms with Gasteiger partial charge in [-0.25, -0.2) is 0 Å². The average Bonchev–Trinajstić information content (AvgIpc) is 2.29. The molecule has 1 aliphatic heterocycles. The second-order valence-electron chi connectivity index (χ2n) is 4.07. The van der Waals surface area contributed by atoms with E-state index in [1.165, 1.54) is 25.1 Å². The fourth-order valence-electron chi connectivity index (χ4n) is 1.96. The van der Waals surface area contributed by atoms with Crippen molar-refractivity contribution in [3.05, 3.63) is 28.7 Å². The van der Waals surface area contributed by atoms with Gasteiger partial charge in [0.05, 0.1) is 0 Å². The first-order valence-electron chi connectivity index (χ1n) is 5.55. The maximum atomic E-state index is 3.54. The number of para-hydroxylation sites is 1. The van der Waals surface area contributed by atoms with Crippen LogP contribution in [0.2, 0.25) is 0 Å². The van der Waals surface area contributed by atoms with E-state index in [4.69, 9.17) is 0 Å². The molecule has 3 heteroatoms. The molecule has 0 aliphatic carbocycles. The molecule has 2 N–H and O–H groups in total. The molecule has 2 nitrogen and oxygen atoms in total. The molecule has 1 aromatic carbocycles. The Morgan fingerprint density at radius 2 is 2.27 bits per heavy atom. The van der Waals surface area contributed by atoms with E-state index in [0.29, 0.717) is 0 Å². The molecule has 1 aromatic rings. The van der Waals surface area contributed by atoms with Gasteiger partial charge in [0.25, 0.3) is 0 Å². The second-order valence-corrected chi connectivity index (χ2v) is 4.93. The van der Waals surface area contributed by atoms with Crippen LogP contribution in [0.3, 0.4) is 0 Å². The van der Waals surface area contributed by atoms with Crippen LogP contribution in [-0.4, -0.2) is 19.6 Å². The van der Waals surface area contributed by atoms with E-state index in [-0.39, 0.29) is 0 Å². The Morgan fingerprint density at radius 3 is 3.00 bits per heavy atom. The molecular formula is C12H17BrN2. The van der Waals surface area contributed by atoms with Crippen molar-refractivity contribution < 1.29 is 0 Å². The molecule has 0 aromatic heterocycles. The van der Waals surface area contributed by atoms with E-state index in [0.717, 1.165) is 23.5 Å². The van der Waals surface area contributed by atoms with Crippen molar-refractivity contribution in [1.82, 2.24) is 5.32 Å². The van der Waals surface area contributed by atoms with E-state index in [1.54, 1.807) is 0 Å². The minimum atomic E-state index is 0.769. The molecule has 1 fully saturated rings. The number of hydrogen-bond acceptors (Lipinski definition) is 2. The first-order chi connectivity index (χ1) is 7.36. The lowest BCUT2D eigenvalue weighted by atomic mass is 10.00. The zero-order valence-electron chi connectivity index (χ0n) is 8.80. The van der Waals surface area contributed by atoms with Gasteiger partial charge >= 0.3 is 0 Å². The van der Waals surface area contributed by atoms with Gasteiger partial charge in [0.2, 0.25) is 0 Å². The fraction of sp³-hybridized carbons (Fsp3) is 0.500. The van der Waals surface area contributed by atoms with Crippen LogP contribution in [0.25, 0.3) is 0 Å². The zero-order chi connectivity index (χ0) is 10.5. The van der Waals surface area contributed by atoms with Crippen molar-refractivity contribution in [3.8, 4) is 0 Å². The number of piperidine rings is 1. The number of halogens is 1. The molecule has 1 unspecified atom stereocenters. The van der Waals surface area contributed by atoms with Crippen LogP contribution in [0, 0.1) is 5.92 Å². The van der Waals surface area contributed by atoms with Crippen LogP contribution in [0.4, 0.5) is 5.69 Å². The van der Waals surface area contributed by atoms with E-state index < -0.39 is 0 Å². The molecule has 1 atom stereocenters. The van der Waals surface area contributed by atoms with Crippen LogP contribution in [0.1, 0.15) is 12.8 Å². The topological polar surface area (TPSA) is 24.1 Å². The minimum Gasteiger partial charge on any atom is -0.384 e. The highest BCUT2D eigenvalue weighted by Crippen LogP contribution is 2.22. The van der Waals surface area contributed by atoms with E-state index in [2.05, 4.69) is 44.8 Å². The molecule has 1 heterocycles. The summed E-state index contributed by atoms with van der Waals surface area (Å²) in [6, 6.07) is 8.28. The molecule has 1 saturated heterocycles. The fourth-order valence-corrected chi connectivity index (χ4v) is 2.38. The molecule has 0 spiro atoms. The highest BCUT2D eigenvalue weighted by Gasteiger charge is 2.12. The third-order valence-corrected chi connectivity index (χ3v) is 3.55. The molecule has 0 amide bonds. The van der Waals surface area contributed by atoms with Crippen LogP contribution in [0.15, 0.2) is 28.7 Å². The van der Waals surface area contributed by atoms with Gasteiger partial charge in [0.1, 0.15) is 0 Å². The summed E-state index contributed by atoms with van der Waals surface area (Å²) < 4.78 is 1.15. The Bertz CT molecular complexity index is 308. The van der Waals surface area contributed by atoms with Gasteiger partial charge in [-0.1, -0.05) is 12.1 Å². The molecule has 0 saturated carbocycles. The maximum absolute atomic E-state index is 3.54. The smallest absolute Gasteiger partial charge is 0.0484 e. The number of anilines is 1. The van der Waals surface area contributed by atoms with Crippen molar-refractivity contribution in [2.24, 2.45) is 5.92 Å². The Hall–Kier alpha value is -0.540. The summed E-state index contributed by atoms with van der Waals surface area (Å²) in [5, 5.41) is 6.93. The number of benzene rings is 1. The Morgan fingerprint density at radius 1 is 1.40 bits per heavy atom. The summed E-state index contributed by atoms with van der Waals surface area (Å²) in [5.41, 5.74) is 1.20. The van der Waals surface area contributed by atoms with E-state index in [9.17, 15) is 0 Å². The van der Waals surface area contributed by atoms with Crippen LogP contribution < -0.4 is 10.6 Å². The third kappa shape index (κ3) is 3.21. The van der Waals surface area contributed by atoms with Crippen LogP contribution in [0.5, 0.6) is 0 Å². The lowest BCUT2D eigenvalue weighted by Crippen LogP contribution is -2.33. The number of hydrogen-bond donors (Lipinski definition) is 2. The lowest BCUT2D eigenvalue weighted by molar-refractivity contribution is 0.393. The van der Waals surface area contributed by atoms with Gasteiger partial charge in [-0.3, -0.25) is 0 Å². The lowest BCUT2D eigenvalue weighted by Gasteiger charge is -2.23. The van der Waals surface area contributed by atoms with E-state index in [1.807, 2.05) is 6.07 Å². The molecule has 2 rings (SSSR count). The summed E-state index contributed by atoms with van der Waals surface area (Å²) >= 11 is 3.54. The Labute approximate surface area is 99.6 Å². The summed E-state index contributed by atoms with van der Waals surface area (Å²) in [5.74, 6) is 0.769. The van der Waals surface area contributed by atoms with Gasteiger partial charge in [-0.2, -0.15) is 0 Å². The molecule has 82 valence electrons. The SMILES string of the molecule is Brc1ccccc1NCC1CCCNC1. The molecule has 0 bridgehead atoms. The average molecular weight is 269 g/mol. The largest absolute Gasteiger partial charge is 0.384 e. The minimum absolute atomic E-state index is 0.769. The van der Waals surface area contributed by atoms with E-state index >= 15 is 0 Å². The summed E-state index contributed by atoms with van der Waals surface area (Å²) in [6.07, 6.45) is 2.65. The van der Waals surface area contributed by atoms with Gasteiger partial charge < -0.3 is 10.6 Å². The van der Waals surface area contributed by atoms with Crippen LogP contribution in [-0.2, 0) is 0 Å². The monoisotopic (exact) mass is 268 g/mol. The molecule has 1 aliphatic rings. The van der Waals surface area contributed by atoms with Crippen molar-refractivity contribution in [3.63, 3.8) is 0 Å². The standard InChI is InChI=1S/C12H17BrN2/c13-11-5-1-2-6-12(11)15-9-10-4-3-7-14-8-10/h1-2,5-6,10,14-15H,3-4,7-9H2. The molecular weight excluding hydrogens is 252 g/mol. The quantitative estimate of drug-likeness (QED) is 0.881. The van der Waals surface area contributed by atoms with Gasteiger partial charge in [0, 0.05) is 16.7 Å². The predicted molar refractivity (Wildman–Crippen MR) is 68.2 cm³/mol. The molecule has 15 heavy (non-hydrogen) atoms. The summed E-state index contributed by atoms with van der Waals surface area (Å²) in [7, 11) is 0. The van der Waals surface area contributed by atoms with Crippen molar-refractivity contribution in [2.45, 2.75) is 12.8 Å². The van der Waals surface area contributed by atoms with Gasteiger partial charge in [-0.05, 0) is 59.9 Å². The predicted octanol–water partition coefficient (Wildman–Crippen LogP) is 2.86. The summed E-state index contributed by atoms with van der Waals surface area (Å²) in [4.78, 5) is 0. The highest BCUT2D eigenvalue weighted by atomic mass is 79.9. The zero-order valence-corrected chi connectivity index (χ0v) is 10.4. The summed E-state index contributed by atoms with van der Waals surface area (Å²) in [6.45, 7) is 3.40. The van der Waals surface area contributed by atoms with Gasteiger partial charge in [-0.15, -0.1) is 0 Å². The van der Waals surface area contributed by atoms with Gasteiger partial charge in [0.15, 0.2) is 0 Å². The Balaban J connectivity index is 1.84. The Kier molecular flexibility index (Phi) is 4.03. The first-order valence-corrected chi connectivity index (χ1v) is 6.34. The maximum Gasteiger partial charge on any atom is 0.0484 e. The van der Waals surface area contributed by atoms with Crippen LogP contribution >= 0.6 is 15.9 Å².